The largest absolute Gasteiger partial charge is 0.487 e. The Labute approximate surface area is 385 Å². The maximum Gasteiger partial charge on any atom is 0.320 e. The molecule has 368 valence electrons. The van der Waals surface area contributed by atoms with Crippen molar-refractivity contribution in [2.45, 2.75) is 31.2 Å². The minimum Gasteiger partial charge on any atom is -0.487 e. The van der Waals surface area contributed by atoms with Crippen LogP contribution in [0.15, 0.2) is 66.5 Å². The van der Waals surface area contributed by atoms with E-state index in [1.165, 1.54) is 0 Å². The molecule has 24 heteroatoms. The summed E-state index contributed by atoms with van der Waals surface area (Å²) in [7, 11) is -2.27. The number of nitrogens with two attached hydrogens (primary N) is 1. The van der Waals surface area contributed by atoms with Gasteiger partial charge in [0.25, 0.3) is 0 Å². The standard InChI is InChI=1S/C42H66N9O14P/c43-47-34(31-65-35-8-6-33(7-9-35)41(66(61)62)46-26-32-4-2-1-3-5-32)27-44-12-22-63-24-25-64-23-13-45-37(52)11-10-36(42(59)60)51-20-18-49(29-39(55)56)16-14-48(28-38(53)54)15-17-50(19-21-51)30-40(57)58/h1-9,27,36,41,44,46-47,61-62H,10-26,28-31,43H2,(H,45,52)(H,53,54)(H,55,56)(H,57,58)(H,59,60)/b34-27-. The Hall–Kier alpha value is -5.04. The van der Waals surface area contributed by atoms with Gasteiger partial charge in [0.05, 0.1) is 51.8 Å². The molecule has 0 bridgehead atoms. The van der Waals surface area contributed by atoms with Gasteiger partial charge in [-0.1, -0.05) is 42.5 Å². The van der Waals surface area contributed by atoms with Crippen molar-refractivity contribution in [3.8, 4) is 5.75 Å². The summed E-state index contributed by atoms with van der Waals surface area (Å²) < 4.78 is 16.9. The van der Waals surface area contributed by atoms with Gasteiger partial charge in [0.2, 0.25) is 5.91 Å². The first kappa shape index (κ1) is 55.3. The number of ether oxygens (including phenoxy) is 3. The molecule has 1 fully saturated rings. The summed E-state index contributed by atoms with van der Waals surface area (Å²) in [6, 6.07) is 15.6. The van der Waals surface area contributed by atoms with Crippen LogP contribution in [0.3, 0.4) is 0 Å². The molecule has 2 aromatic rings. The molecular formula is C42H66N9O14P. The van der Waals surface area contributed by atoms with Crippen LogP contribution in [0.2, 0.25) is 0 Å². The molecule has 0 aliphatic carbocycles. The number of aliphatic carboxylic acids is 4. The quantitative estimate of drug-likeness (QED) is 0.0192. The fraction of sp³-hybridized carbons (Fsp3) is 0.548. The Kier molecular flexibility index (Phi) is 26.6. The lowest BCUT2D eigenvalue weighted by Gasteiger charge is -2.35. The van der Waals surface area contributed by atoms with E-state index in [4.69, 9.17) is 20.1 Å². The highest BCUT2D eigenvalue weighted by Crippen LogP contribution is 2.42. The molecule has 0 saturated carbocycles. The van der Waals surface area contributed by atoms with Gasteiger partial charge in [-0.15, -0.1) is 0 Å². The molecule has 1 aliphatic rings. The lowest BCUT2D eigenvalue weighted by atomic mass is 10.1. The summed E-state index contributed by atoms with van der Waals surface area (Å²) >= 11 is 0. The van der Waals surface area contributed by atoms with Crippen LogP contribution in [0, 0.1) is 0 Å². The second-order valence-electron chi connectivity index (χ2n) is 15.2. The van der Waals surface area contributed by atoms with Crippen LogP contribution in [-0.4, -0.2) is 204 Å². The van der Waals surface area contributed by atoms with Crippen LogP contribution in [0.5, 0.6) is 5.75 Å². The highest BCUT2D eigenvalue weighted by molar-refractivity contribution is 7.45. The monoisotopic (exact) mass is 951 g/mol. The van der Waals surface area contributed by atoms with Crippen molar-refractivity contribution in [2.24, 2.45) is 5.84 Å². The van der Waals surface area contributed by atoms with E-state index in [1.54, 1.807) is 50.1 Å². The number of amides is 1. The van der Waals surface area contributed by atoms with Crippen LogP contribution in [0.1, 0.15) is 29.8 Å². The van der Waals surface area contributed by atoms with E-state index in [2.05, 4.69) is 21.4 Å². The SMILES string of the molecule is NN/C(=C\NCCOCCOCCNC(=O)CCC(C(=O)O)N1CCN(CC(=O)O)CCN(CC(=O)O)CCN(CC(=O)O)CC1)COc1ccc(C(NCc2ccccc2)P(O)O)cc1. The number of hydrazine groups is 1. The van der Waals surface area contributed by atoms with Gasteiger partial charge in [-0.3, -0.25) is 54.7 Å². The highest BCUT2D eigenvalue weighted by Gasteiger charge is 2.29. The average Bonchev–Trinajstić information content (AvgIpc) is 3.27. The molecule has 23 nitrogen and oxygen atoms in total. The molecule has 0 radical (unpaired) electrons. The number of benzene rings is 2. The molecule has 66 heavy (non-hydrogen) atoms. The van der Waals surface area contributed by atoms with Gasteiger partial charge in [0.15, 0.2) is 8.38 Å². The molecule has 1 heterocycles. The molecule has 1 aliphatic heterocycles. The number of hydrogen-bond donors (Lipinski definition) is 11. The van der Waals surface area contributed by atoms with Crippen molar-refractivity contribution in [3.05, 3.63) is 77.6 Å². The van der Waals surface area contributed by atoms with Gasteiger partial charge in [0.1, 0.15) is 24.2 Å². The van der Waals surface area contributed by atoms with Gasteiger partial charge in [-0.05, 0) is 29.7 Å². The van der Waals surface area contributed by atoms with Gasteiger partial charge in [-0.2, -0.15) is 0 Å². The summed E-state index contributed by atoms with van der Waals surface area (Å²) in [6.07, 6.45) is 1.49. The van der Waals surface area contributed by atoms with Gasteiger partial charge >= 0.3 is 23.9 Å². The van der Waals surface area contributed by atoms with E-state index in [1.807, 2.05) is 30.3 Å². The average molecular weight is 952 g/mol. The normalized spacial score (nSPS) is 16.1. The number of hydrogen-bond acceptors (Lipinski definition) is 18. The third-order valence-electron chi connectivity index (χ3n) is 10.3. The Morgan fingerprint density at radius 2 is 1.24 bits per heavy atom. The number of carbonyl (C=O) groups is 5. The van der Waals surface area contributed by atoms with Crippen LogP contribution >= 0.6 is 8.38 Å². The third-order valence-corrected chi connectivity index (χ3v) is 11.2. The molecule has 2 aromatic carbocycles. The van der Waals surface area contributed by atoms with Crippen molar-refractivity contribution >= 4 is 38.2 Å². The predicted molar refractivity (Wildman–Crippen MR) is 242 cm³/mol. The minimum atomic E-state index is -2.27. The Morgan fingerprint density at radius 3 is 1.74 bits per heavy atom. The lowest BCUT2D eigenvalue weighted by molar-refractivity contribution is -0.145. The van der Waals surface area contributed by atoms with E-state index in [9.17, 15) is 54.2 Å². The first-order chi connectivity index (χ1) is 31.7. The smallest absolute Gasteiger partial charge is 0.320 e. The molecule has 0 aromatic heterocycles. The predicted octanol–water partition coefficient (Wildman–Crippen LogP) is -1.10. The third kappa shape index (κ3) is 23.4. The topological polar surface area (TPSA) is 322 Å². The summed E-state index contributed by atoms with van der Waals surface area (Å²) in [4.78, 5) is 86.2. The molecule has 2 unspecified atom stereocenters. The first-order valence-corrected chi connectivity index (χ1v) is 22.8. The lowest BCUT2D eigenvalue weighted by Crippen LogP contribution is -2.52. The molecule has 12 N–H and O–H groups in total. The second kappa shape index (κ2) is 31.8. The number of nitrogens with zero attached hydrogens (tertiary/aromatic N) is 4. The Bertz CT molecular complexity index is 1750. The number of rotatable bonds is 30. The number of carboxylic acids is 4. The second-order valence-corrected chi connectivity index (χ2v) is 16.4. The van der Waals surface area contributed by atoms with Gasteiger partial charge in [-0.25, -0.2) is 0 Å². The van der Waals surface area contributed by atoms with Crippen molar-refractivity contribution < 1.29 is 68.4 Å². The molecule has 1 saturated heterocycles. The Morgan fingerprint density at radius 1 is 0.712 bits per heavy atom. The maximum absolute atomic E-state index is 12.7. The summed E-state index contributed by atoms with van der Waals surface area (Å²) in [6.45, 7) is 2.69. The fourth-order valence-corrected chi connectivity index (χ4v) is 7.51. The fourth-order valence-electron chi connectivity index (χ4n) is 6.82. The zero-order valence-electron chi connectivity index (χ0n) is 37.0. The summed E-state index contributed by atoms with van der Waals surface area (Å²) in [5.74, 6) is 0.750. The zero-order chi connectivity index (χ0) is 48.1. The van der Waals surface area contributed by atoms with E-state index < -0.39 is 44.1 Å². The van der Waals surface area contributed by atoms with Crippen molar-refractivity contribution in [1.29, 1.82) is 0 Å². The minimum absolute atomic E-state index is 0.0549. The molecule has 2 atom stereocenters. The molecule has 0 spiro atoms. The van der Waals surface area contributed by atoms with E-state index >= 15 is 0 Å². The first-order valence-electron chi connectivity index (χ1n) is 21.5. The van der Waals surface area contributed by atoms with Crippen molar-refractivity contribution in [3.63, 3.8) is 0 Å². The number of carboxylic acid groups (broad SMARTS) is 4. The Balaban J connectivity index is 1.33. The van der Waals surface area contributed by atoms with E-state index in [-0.39, 0.29) is 117 Å². The molecule has 3 rings (SSSR count). The zero-order valence-corrected chi connectivity index (χ0v) is 37.9. The van der Waals surface area contributed by atoms with E-state index in [0.717, 1.165) is 5.56 Å². The van der Waals surface area contributed by atoms with Crippen LogP contribution in [-0.2, 0) is 40.0 Å². The molecular weight excluding hydrogens is 885 g/mol. The van der Waals surface area contributed by atoms with Crippen LogP contribution < -0.4 is 32.0 Å². The highest BCUT2D eigenvalue weighted by atomic mass is 31.2. The summed E-state index contributed by atoms with van der Waals surface area (Å²) in [5.41, 5.74) is 4.88. The number of nitrogens with one attached hydrogen (secondary N) is 4. The van der Waals surface area contributed by atoms with E-state index in [0.29, 0.717) is 43.3 Å². The van der Waals surface area contributed by atoms with Gasteiger partial charge in [0, 0.05) is 84.6 Å². The summed E-state index contributed by atoms with van der Waals surface area (Å²) in [5, 5.41) is 47.5. The van der Waals surface area contributed by atoms with Crippen molar-refractivity contribution in [1.82, 2.24) is 41.0 Å². The number of carbonyl (C=O) groups excluding carboxylic acids is 1. The van der Waals surface area contributed by atoms with Crippen LogP contribution in [0.4, 0.5) is 0 Å². The molecule has 1 amide bonds. The maximum atomic E-state index is 12.7. The van der Waals surface area contributed by atoms with Gasteiger partial charge < -0.3 is 60.5 Å². The van der Waals surface area contributed by atoms with Crippen LogP contribution in [0.25, 0.3) is 0 Å². The van der Waals surface area contributed by atoms with Crippen molar-refractivity contribution in [2.75, 3.05) is 118 Å².